The Bertz CT molecular complexity index is 540. The zero-order valence-electron chi connectivity index (χ0n) is 11.8. The van der Waals surface area contributed by atoms with Gasteiger partial charge in [-0.05, 0) is 25.0 Å². The predicted molar refractivity (Wildman–Crippen MR) is 76.6 cm³/mol. The second-order valence-electron chi connectivity index (χ2n) is 5.49. The van der Waals surface area contributed by atoms with Crippen LogP contribution in [0, 0.1) is 11.3 Å². The molecule has 0 spiro atoms. The van der Waals surface area contributed by atoms with Crippen molar-refractivity contribution in [3.63, 3.8) is 0 Å². The van der Waals surface area contributed by atoms with E-state index in [-0.39, 0.29) is 5.91 Å². The molecule has 7 heteroatoms. The second-order valence-corrected chi connectivity index (χ2v) is 5.49. The summed E-state index contributed by atoms with van der Waals surface area (Å²) < 4.78 is 0. The number of nitriles is 1. The first-order valence-corrected chi connectivity index (χ1v) is 7.25. The molecular weight excluding hydrogens is 268 g/mol. The smallest absolute Gasteiger partial charge is 0.234 e. The lowest BCUT2D eigenvalue weighted by Gasteiger charge is -2.34. The molecule has 1 saturated heterocycles. The van der Waals surface area contributed by atoms with Crippen molar-refractivity contribution in [2.24, 2.45) is 0 Å². The van der Waals surface area contributed by atoms with Crippen molar-refractivity contribution in [2.45, 2.75) is 18.9 Å². The summed E-state index contributed by atoms with van der Waals surface area (Å²) in [5, 5.41) is 19.6. The summed E-state index contributed by atoms with van der Waals surface area (Å²) in [6.45, 7) is 3.78. The average molecular weight is 286 g/mol. The molecule has 3 rings (SSSR count). The van der Waals surface area contributed by atoms with Crippen molar-refractivity contribution < 1.29 is 4.79 Å². The highest BCUT2D eigenvalue weighted by Crippen LogP contribution is 2.18. The van der Waals surface area contributed by atoms with Crippen LogP contribution in [0.25, 0.3) is 0 Å². The number of nitrogens with zero attached hydrogens (tertiary/aromatic N) is 5. The average Bonchev–Trinajstić information content (AvgIpc) is 3.32. The van der Waals surface area contributed by atoms with E-state index in [1.165, 1.54) is 0 Å². The number of rotatable bonds is 4. The standard InChI is InChI=1S/C14H18N6O/c15-9-12-3-4-13(18-17-12)20-7-5-19(6-8-20)10-14(21)16-11-1-2-11/h3-4,11H,1-2,5-8,10H2,(H,16,21). The van der Waals surface area contributed by atoms with Gasteiger partial charge in [0.05, 0.1) is 6.54 Å². The summed E-state index contributed by atoms with van der Waals surface area (Å²) in [5.41, 5.74) is 0.328. The van der Waals surface area contributed by atoms with Gasteiger partial charge in [-0.25, -0.2) is 0 Å². The molecule has 1 aliphatic carbocycles. The molecule has 0 atom stereocenters. The molecule has 1 aromatic heterocycles. The fourth-order valence-corrected chi connectivity index (χ4v) is 2.39. The van der Waals surface area contributed by atoms with Crippen molar-refractivity contribution in [1.29, 1.82) is 5.26 Å². The molecule has 1 aliphatic heterocycles. The van der Waals surface area contributed by atoms with Gasteiger partial charge in [0.15, 0.2) is 11.5 Å². The highest BCUT2D eigenvalue weighted by molar-refractivity contribution is 5.78. The number of anilines is 1. The molecule has 0 radical (unpaired) electrons. The first-order valence-electron chi connectivity index (χ1n) is 7.25. The first kappa shape index (κ1) is 13.8. The van der Waals surface area contributed by atoms with E-state index in [1.807, 2.05) is 12.1 Å². The van der Waals surface area contributed by atoms with Crippen LogP contribution < -0.4 is 10.2 Å². The second kappa shape index (κ2) is 6.06. The molecule has 2 fully saturated rings. The number of aromatic nitrogens is 2. The van der Waals surface area contributed by atoms with Crippen LogP contribution in [-0.2, 0) is 4.79 Å². The molecule has 0 aromatic carbocycles. The van der Waals surface area contributed by atoms with Crippen LogP contribution in [0.1, 0.15) is 18.5 Å². The lowest BCUT2D eigenvalue weighted by atomic mass is 10.3. The van der Waals surface area contributed by atoms with Crippen molar-refractivity contribution in [1.82, 2.24) is 20.4 Å². The molecule has 2 heterocycles. The highest BCUT2D eigenvalue weighted by atomic mass is 16.2. The van der Waals surface area contributed by atoms with Gasteiger partial charge in [0.25, 0.3) is 0 Å². The third-order valence-electron chi connectivity index (χ3n) is 3.77. The summed E-state index contributed by atoms with van der Waals surface area (Å²) in [4.78, 5) is 16.1. The van der Waals surface area contributed by atoms with Gasteiger partial charge in [-0.1, -0.05) is 0 Å². The van der Waals surface area contributed by atoms with Crippen molar-refractivity contribution >= 4 is 11.7 Å². The summed E-state index contributed by atoms with van der Waals surface area (Å²) in [6.07, 6.45) is 2.24. The molecule has 7 nitrogen and oxygen atoms in total. The fraction of sp³-hybridized carbons (Fsp3) is 0.571. The van der Waals surface area contributed by atoms with Crippen LogP contribution in [0.15, 0.2) is 12.1 Å². The van der Waals surface area contributed by atoms with Crippen LogP contribution >= 0.6 is 0 Å². The van der Waals surface area contributed by atoms with Crippen LogP contribution in [0.3, 0.4) is 0 Å². The van der Waals surface area contributed by atoms with Crippen molar-refractivity contribution in [3.8, 4) is 6.07 Å². The maximum Gasteiger partial charge on any atom is 0.234 e. The quantitative estimate of drug-likeness (QED) is 0.821. The Morgan fingerprint density at radius 1 is 1.29 bits per heavy atom. The molecule has 1 amide bonds. The topological polar surface area (TPSA) is 85.2 Å². The Morgan fingerprint density at radius 2 is 2.05 bits per heavy atom. The first-order chi connectivity index (χ1) is 10.2. The number of hydrogen-bond acceptors (Lipinski definition) is 6. The number of amides is 1. The number of nitrogens with one attached hydrogen (secondary N) is 1. The lowest BCUT2D eigenvalue weighted by Crippen LogP contribution is -2.50. The van der Waals surface area contributed by atoms with Crippen LogP contribution in [0.5, 0.6) is 0 Å². The number of hydrogen-bond donors (Lipinski definition) is 1. The van der Waals surface area contributed by atoms with Crippen LogP contribution in [-0.4, -0.2) is 59.8 Å². The summed E-state index contributed by atoms with van der Waals surface area (Å²) in [7, 11) is 0. The van der Waals surface area contributed by atoms with E-state index < -0.39 is 0 Å². The van der Waals surface area contributed by atoms with Crippen LogP contribution in [0.4, 0.5) is 5.82 Å². The fourth-order valence-electron chi connectivity index (χ4n) is 2.39. The minimum Gasteiger partial charge on any atom is -0.353 e. The van der Waals surface area contributed by atoms with Gasteiger partial charge >= 0.3 is 0 Å². The number of piperazine rings is 1. The van der Waals surface area contributed by atoms with Gasteiger partial charge in [0.2, 0.25) is 5.91 Å². The summed E-state index contributed by atoms with van der Waals surface area (Å²) >= 11 is 0. The Morgan fingerprint density at radius 3 is 2.62 bits per heavy atom. The third kappa shape index (κ3) is 3.67. The summed E-state index contributed by atoms with van der Waals surface area (Å²) in [6, 6.07) is 5.88. The minimum atomic E-state index is 0.129. The largest absolute Gasteiger partial charge is 0.353 e. The zero-order valence-corrected chi connectivity index (χ0v) is 11.8. The molecular formula is C14H18N6O. The maximum atomic E-state index is 11.8. The normalized spacial score (nSPS) is 19.1. The van der Waals surface area contributed by atoms with E-state index >= 15 is 0 Å². The Hall–Kier alpha value is -2.20. The van der Waals surface area contributed by atoms with E-state index in [1.54, 1.807) is 6.07 Å². The van der Waals surface area contributed by atoms with Crippen molar-refractivity contribution in [2.75, 3.05) is 37.6 Å². The third-order valence-corrected chi connectivity index (χ3v) is 3.77. The molecule has 2 aliphatic rings. The van der Waals surface area contributed by atoms with Crippen LogP contribution in [0.2, 0.25) is 0 Å². The number of carbonyl (C=O) groups is 1. The van der Waals surface area contributed by atoms with Gasteiger partial charge < -0.3 is 10.2 Å². The molecule has 1 saturated carbocycles. The molecule has 1 aromatic rings. The molecule has 110 valence electrons. The SMILES string of the molecule is N#Cc1ccc(N2CCN(CC(=O)NC3CC3)CC2)nn1. The van der Waals surface area contributed by atoms with Gasteiger partial charge in [0.1, 0.15) is 6.07 Å². The number of carbonyl (C=O) groups excluding carboxylic acids is 1. The zero-order chi connectivity index (χ0) is 14.7. The van der Waals surface area contributed by atoms with E-state index in [2.05, 4.69) is 25.3 Å². The van der Waals surface area contributed by atoms with Gasteiger partial charge in [0, 0.05) is 32.2 Å². The van der Waals surface area contributed by atoms with Gasteiger partial charge in [-0.15, -0.1) is 10.2 Å². The van der Waals surface area contributed by atoms with E-state index in [4.69, 9.17) is 5.26 Å². The Labute approximate surface area is 123 Å². The lowest BCUT2D eigenvalue weighted by molar-refractivity contribution is -0.122. The highest BCUT2D eigenvalue weighted by Gasteiger charge is 2.25. The van der Waals surface area contributed by atoms with Gasteiger partial charge in [-0.3, -0.25) is 9.69 Å². The van der Waals surface area contributed by atoms with E-state index in [0.717, 1.165) is 44.8 Å². The summed E-state index contributed by atoms with van der Waals surface area (Å²) in [5.74, 6) is 0.917. The van der Waals surface area contributed by atoms with Crippen molar-refractivity contribution in [3.05, 3.63) is 17.8 Å². The molecule has 1 N–H and O–H groups in total. The molecule has 0 bridgehead atoms. The predicted octanol–water partition coefficient (Wildman–Crippen LogP) is -0.251. The Balaban J connectivity index is 1.47. The van der Waals surface area contributed by atoms with E-state index in [9.17, 15) is 4.79 Å². The van der Waals surface area contributed by atoms with Gasteiger partial charge in [-0.2, -0.15) is 5.26 Å². The van der Waals surface area contributed by atoms with E-state index in [0.29, 0.717) is 18.3 Å². The monoisotopic (exact) mass is 286 g/mol. The Kier molecular flexibility index (Phi) is 3.97. The minimum absolute atomic E-state index is 0.129. The molecule has 21 heavy (non-hydrogen) atoms. The molecule has 0 unspecified atom stereocenters. The maximum absolute atomic E-state index is 11.8.